The van der Waals surface area contributed by atoms with Gasteiger partial charge < -0.3 is 10.6 Å². The first kappa shape index (κ1) is 17.5. The molecule has 0 bridgehead atoms. The van der Waals surface area contributed by atoms with Crippen molar-refractivity contribution >= 4 is 33.8 Å². The Hall–Kier alpha value is -2.92. The van der Waals surface area contributed by atoms with Gasteiger partial charge in [-0.1, -0.05) is 42.5 Å². The zero-order valence-corrected chi connectivity index (χ0v) is 16.0. The van der Waals surface area contributed by atoms with E-state index in [1.165, 1.54) is 11.3 Å². The summed E-state index contributed by atoms with van der Waals surface area (Å²) in [5.41, 5.74) is 5.06. The molecule has 2 heterocycles. The van der Waals surface area contributed by atoms with Crippen molar-refractivity contribution in [2.24, 2.45) is 0 Å². The zero-order chi connectivity index (χ0) is 19.0. The van der Waals surface area contributed by atoms with Gasteiger partial charge in [0.2, 0.25) is 5.91 Å². The largest absolute Gasteiger partial charge is 0.321 e. The number of thiophene rings is 1. The molecule has 2 N–H and O–H groups in total. The van der Waals surface area contributed by atoms with Gasteiger partial charge in [0, 0.05) is 18.0 Å². The number of benzene rings is 2. The average Bonchev–Trinajstić information content (AvgIpc) is 2.99. The smallest absolute Gasteiger partial charge is 0.266 e. The summed E-state index contributed by atoms with van der Waals surface area (Å²) < 4.78 is 0. The molecule has 1 aliphatic heterocycles. The molecule has 0 saturated heterocycles. The molecule has 136 valence electrons. The minimum atomic E-state index is -0.143. The van der Waals surface area contributed by atoms with Gasteiger partial charge in [-0.05, 0) is 48.2 Å². The topological polar surface area (TPSA) is 58.2 Å². The van der Waals surface area contributed by atoms with Gasteiger partial charge in [0.15, 0.2) is 0 Å². The van der Waals surface area contributed by atoms with Crippen molar-refractivity contribution < 1.29 is 9.59 Å². The second-order valence-electron chi connectivity index (χ2n) is 6.78. The molecule has 1 aliphatic rings. The van der Waals surface area contributed by atoms with Crippen molar-refractivity contribution in [1.82, 2.24) is 0 Å². The first-order valence-electron chi connectivity index (χ1n) is 8.89. The Morgan fingerprint density at radius 3 is 2.52 bits per heavy atom. The maximum absolute atomic E-state index is 12.8. The predicted octanol–water partition coefficient (Wildman–Crippen LogP) is 5.09. The Morgan fingerprint density at radius 2 is 1.78 bits per heavy atom. The molecule has 5 heteroatoms. The van der Waals surface area contributed by atoms with Crippen LogP contribution >= 0.6 is 11.3 Å². The molecule has 1 unspecified atom stereocenters. The van der Waals surface area contributed by atoms with Gasteiger partial charge in [0.25, 0.3) is 5.91 Å². The van der Waals surface area contributed by atoms with E-state index in [0.717, 1.165) is 32.9 Å². The third-order valence-electron chi connectivity index (χ3n) is 4.99. The van der Waals surface area contributed by atoms with Crippen molar-refractivity contribution in [3.63, 3.8) is 0 Å². The van der Waals surface area contributed by atoms with Crippen LogP contribution in [0.1, 0.15) is 44.3 Å². The second-order valence-corrected chi connectivity index (χ2v) is 7.80. The SMILES string of the molecule is Cc1ccccc1C1CC(=O)Nc2sc(C(=O)Nc3ccccc3)c(C)c21. The van der Waals surface area contributed by atoms with E-state index in [0.29, 0.717) is 11.3 Å². The molecule has 1 atom stereocenters. The third kappa shape index (κ3) is 3.26. The molecule has 0 aliphatic carbocycles. The maximum atomic E-state index is 12.8. The van der Waals surface area contributed by atoms with E-state index in [-0.39, 0.29) is 17.7 Å². The van der Waals surface area contributed by atoms with Gasteiger partial charge in [0.1, 0.15) is 0 Å². The Labute approximate surface area is 162 Å². The fraction of sp³-hybridized carbons (Fsp3) is 0.182. The van der Waals surface area contributed by atoms with Gasteiger partial charge in [-0.15, -0.1) is 11.3 Å². The Bertz CT molecular complexity index is 1020. The lowest BCUT2D eigenvalue weighted by Gasteiger charge is -2.25. The standard InChI is InChI=1S/C22H20N2O2S/c1-13-8-6-7-11-16(13)17-12-18(25)24-22-19(17)14(2)20(27-22)21(26)23-15-9-4-3-5-10-15/h3-11,17H,12H2,1-2H3,(H,23,26)(H,24,25). The van der Waals surface area contributed by atoms with Crippen molar-refractivity contribution in [1.29, 1.82) is 0 Å². The van der Waals surface area contributed by atoms with Crippen LogP contribution in [-0.2, 0) is 4.79 Å². The van der Waals surface area contributed by atoms with Gasteiger partial charge in [-0.3, -0.25) is 9.59 Å². The maximum Gasteiger partial charge on any atom is 0.266 e. The lowest BCUT2D eigenvalue weighted by molar-refractivity contribution is -0.116. The van der Waals surface area contributed by atoms with Crippen LogP contribution in [0.4, 0.5) is 10.7 Å². The molecule has 4 nitrogen and oxygen atoms in total. The van der Waals surface area contributed by atoms with E-state index < -0.39 is 0 Å². The highest BCUT2D eigenvalue weighted by Crippen LogP contribution is 2.45. The van der Waals surface area contributed by atoms with Crippen LogP contribution in [0, 0.1) is 13.8 Å². The molecule has 27 heavy (non-hydrogen) atoms. The summed E-state index contributed by atoms with van der Waals surface area (Å²) in [5, 5.41) is 6.69. The van der Waals surface area contributed by atoms with Crippen molar-refractivity contribution in [3.8, 4) is 0 Å². The highest BCUT2D eigenvalue weighted by Gasteiger charge is 2.33. The average molecular weight is 376 g/mol. The van der Waals surface area contributed by atoms with Crippen LogP contribution in [0.2, 0.25) is 0 Å². The van der Waals surface area contributed by atoms with Crippen molar-refractivity contribution in [3.05, 3.63) is 81.7 Å². The van der Waals surface area contributed by atoms with E-state index in [9.17, 15) is 9.59 Å². The van der Waals surface area contributed by atoms with Crippen LogP contribution in [0.25, 0.3) is 0 Å². The molecule has 2 amide bonds. The van der Waals surface area contributed by atoms with E-state index >= 15 is 0 Å². The van der Waals surface area contributed by atoms with Crippen molar-refractivity contribution in [2.45, 2.75) is 26.2 Å². The Balaban J connectivity index is 1.74. The predicted molar refractivity (Wildman–Crippen MR) is 110 cm³/mol. The number of hydrogen-bond acceptors (Lipinski definition) is 3. The van der Waals surface area contributed by atoms with Crippen LogP contribution < -0.4 is 10.6 Å². The summed E-state index contributed by atoms with van der Waals surface area (Å²) in [6.07, 6.45) is 0.398. The number of nitrogens with one attached hydrogen (secondary N) is 2. The normalized spacial score (nSPS) is 15.8. The molecule has 2 aromatic carbocycles. The lowest BCUT2D eigenvalue weighted by atomic mass is 9.83. The van der Waals surface area contributed by atoms with Crippen molar-refractivity contribution in [2.75, 3.05) is 10.6 Å². The van der Waals surface area contributed by atoms with E-state index in [2.05, 4.69) is 29.7 Å². The van der Waals surface area contributed by atoms with Gasteiger partial charge in [0.05, 0.1) is 9.88 Å². The van der Waals surface area contributed by atoms with Gasteiger partial charge in [-0.25, -0.2) is 0 Å². The molecule has 3 aromatic rings. The number of hydrogen-bond donors (Lipinski definition) is 2. The second kappa shape index (κ2) is 7.00. The minimum Gasteiger partial charge on any atom is -0.321 e. The molecule has 0 radical (unpaired) electrons. The molecule has 0 spiro atoms. The molecule has 1 aromatic heterocycles. The van der Waals surface area contributed by atoms with Crippen LogP contribution in [0.15, 0.2) is 54.6 Å². The van der Waals surface area contributed by atoms with Crippen LogP contribution in [0.5, 0.6) is 0 Å². The summed E-state index contributed by atoms with van der Waals surface area (Å²) in [4.78, 5) is 25.8. The first-order valence-corrected chi connectivity index (χ1v) is 9.71. The number of para-hydroxylation sites is 1. The summed E-state index contributed by atoms with van der Waals surface area (Å²) in [5.74, 6) is -0.174. The van der Waals surface area contributed by atoms with E-state index in [4.69, 9.17) is 0 Å². The molecule has 4 rings (SSSR count). The zero-order valence-electron chi connectivity index (χ0n) is 15.2. The fourth-order valence-corrected chi connectivity index (χ4v) is 4.85. The first-order chi connectivity index (χ1) is 13.0. The van der Waals surface area contributed by atoms with Crippen LogP contribution in [0.3, 0.4) is 0 Å². The lowest BCUT2D eigenvalue weighted by Crippen LogP contribution is -2.23. The third-order valence-corrected chi connectivity index (χ3v) is 6.21. The van der Waals surface area contributed by atoms with E-state index in [1.54, 1.807) is 0 Å². The summed E-state index contributed by atoms with van der Waals surface area (Å²) in [6.45, 7) is 4.03. The number of carbonyl (C=O) groups excluding carboxylic acids is 2. The Kier molecular flexibility index (Phi) is 4.54. The molecular formula is C22H20N2O2S. The summed E-state index contributed by atoms with van der Waals surface area (Å²) >= 11 is 1.35. The van der Waals surface area contributed by atoms with E-state index in [1.807, 2.05) is 49.4 Å². The number of rotatable bonds is 3. The molecule has 0 fully saturated rings. The monoisotopic (exact) mass is 376 g/mol. The number of amides is 2. The number of fused-ring (bicyclic) bond motifs is 1. The Morgan fingerprint density at radius 1 is 1.07 bits per heavy atom. The summed E-state index contributed by atoms with van der Waals surface area (Å²) in [7, 11) is 0. The number of carbonyl (C=O) groups is 2. The quantitative estimate of drug-likeness (QED) is 0.669. The highest BCUT2D eigenvalue weighted by atomic mass is 32.1. The minimum absolute atomic E-state index is 0.00739. The molecular weight excluding hydrogens is 356 g/mol. The summed E-state index contributed by atoms with van der Waals surface area (Å²) in [6, 6.07) is 17.5. The fourth-order valence-electron chi connectivity index (χ4n) is 3.67. The van der Waals surface area contributed by atoms with Gasteiger partial charge in [-0.2, -0.15) is 0 Å². The highest BCUT2D eigenvalue weighted by molar-refractivity contribution is 7.18. The van der Waals surface area contributed by atoms with Crippen LogP contribution in [-0.4, -0.2) is 11.8 Å². The van der Waals surface area contributed by atoms with Gasteiger partial charge >= 0.3 is 0 Å². The number of anilines is 2. The molecule has 0 saturated carbocycles. The number of aryl methyl sites for hydroxylation is 1.